The monoisotopic (exact) mass is 334 g/mol. The molecule has 1 unspecified atom stereocenters. The third-order valence-corrected chi connectivity index (χ3v) is 4.79. The molecule has 4 nitrogen and oxygen atoms in total. The van der Waals surface area contributed by atoms with E-state index in [1.807, 2.05) is 6.07 Å². The Hall–Kier alpha value is -0.430. The van der Waals surface area contributed by atoms with Crippen LogP contribution in [0.5, 0.6) is 0 Å². The van der Waals surface area contributed by atoms with Gasteiger partial charge in [0.05, 0.1) is 3.79 Å². The molecule has 0 saturated heterocycles. The van der Waals surface area contributed by atoms with E-state index >= 15 is 0 Å². The van der Waals surface area contributed by atoms with Crippen molar-refractivity contribution < 1.29 is 9.90 Å². The van der Waals surface area contributed by atoms with Crippen molar-refractivity contribution in [3.05, 3.63) is 20.8 Å². The van der Waals surface area contributed by atoms with E-state index in [1.54, 1.807) is 18.4 Å². The minimum absolute atomic E-state index is 0.00647. The summed E-state index contributed by atoms with van der Waals surface area (Å²) in [6, 6.07) is 3.59. The Balaban J connectivity index is 2.49. The normalized spacial score (nSPS) is 13.6. The quantitative estimate of drug-likeness (QED) is 0.714. The minimum atomic E-state index is -0.832. The summed E-state index contributed by atoms with van der Waals surface area (Å²) in [5.74, 6) is -0.832. The lowest BCUT2D eigenvalue weighted by atomic mass is 9.91. The molecule has 0 fully saturated rings. The highest BCUT2D eigenvalue weighted by Gasteiger charge is 2.23. The molecular weight excluding hydrogens is 316 g/mol. The van der Waals surface area contributed by atoms with E-state index < -0.39 is 12.0 Å². The van der Waals surface area contributed by atoms with Gasteiger partial charge in [-0.2, -0.15) is 0 Å². The number of carbonyl (C=O) groups is 1. The smallest absolute Gasteiger partial charge is 0.322 e. The first-order valence-electron chi connectivity index (χ1n) is 5.73. The lowest BCUT2D eigenvalue weighted by Crippen LogP contribution is -2.45. The van der Waals surface area contributed by atoms with Crippen molar-refractivity contribution in [1.29, 1.82) is 0 Å². The molecule has 0 radical (unpaired) electrons. The maximum Gasteiger partial charge on any atom is 0.322 e. The average Bonchev–Trinajstić information content (AvgIpc) is 2.71. The summed E-state index contributed by atoms with van der Waals surface area (Å²) in [5.41, 5.74) is -0.00647. The van der Waals surface area contributed by atoms with Crippen LogP contribution in [0.15, 0.2) is 15.9 Å². The summed E-state index contributed by atoms with van der Waals surface area (Å²) >= 11 is 5.17. The number of likely N-dealkylation sites (N-methyl/N-ethyl adjacent to an activating group) is 1. The third-order valence-electron chi connectivity index (χ3n) is 2.80. The zero-order valence-electron chi connectivity index (χ0n) is 10.8. The van der Waals surface area contributed by atoms with E-state index in [1.165, 1.54) is 4.88 Å². The van der Waals surface area contributed by atoms with Gasteiger partial charge in [0, 0.05) is 23.4 Å². The zero-order chi connectivity index (χ0) is 13.8. The van der Waals surface area contributed by atoms with Crippen LogP contribution in [0.1, 0.15) is 18.7 Å². The van der Waals surface area contributed by atoms with Crippen molar-refractivity contribution in [2.24, 2.45) is 0 Å². The Morgan fingerprint density at radius 3 is 2.67 bits per heavy atom. The third kappa shape index (κ3) is 4.35. The van der Waals surface area contributed by atoms with Gasteiger partial charge in [0.2, 0.25) is 0 Å². The summed E-state index contributed by atoms with van der Waals surface area (Å²) in [6.45, 7) is 5.45. The summed E-state index contributed by atoms with van der Waals surface area (Å²) in [4.78, 5) is 12.1. The van der Waals surface area contributed by atoms with Crippen LogP contribution in [0, 0.1) is 0 Å². The predicted molar refractivity (Wildman–Crippen MR) is 78.4 cm³/mol. The Labute approximate surface area is 120 Å². The second-order valence-corrected chi connectivity index (χ2v) is 7.26. The molecule has 102 valence electrons. The maximum atomic E-state index is 10.9. The number of halogens is 1. The van der Waals surface area contributed by atoms with Crippen molar-refractivity contribution in [3.8, 4) is 0 Å². The lowest BCUT2D eigenvalue weighted by molar-refractivity contribution is -0.139. The molecule has 0 bridgehead atoms. The Kier molecular flexibility index (Phi) is 5.78. The van der Waals surface area contributed by atoms with Crippen LogP contribution in [-0.2, 0) is 10.2 Å². The zero-order valence-corrected chi connectivity index (χ0v) is 13.2. The topological polar surface area (TPSA) is 61.4 Å². The number of carboxylic acid groups (broad SMARTS) is 1. The summed E-state index contributed by atoms with van der Waals surface area (Å²) in [5, 5.41) is 14.9. The fraction of sp³-hybridized carbons (Fsp3) is 0.583. The molecule has 1 rings (SSSR count). The van der Waals surface area contributed by atoms with Crippen LogP contribution in [0.25, 0.3) is 0 Å². The van der Waals surface area contributed by atoms with Crippen LogP contribution < -0.4 is 10.6 Å². The molecule has 0 aliphatic carbocycles. The fourth-order valence-electron chi connectivity index (χ4n) is 1.61. The van der Waals surface area contributed by atoms with Gasteiger partial charge in [0.1, 0.15) is 6.04 Å². The van der Waals surface area contributed by atoms with Crippen LogP contribution in [0.3, 0.4) is 0 Å². The molecule has 0 aromatic carbocycles. The summed E-state index contributed by atoms with van der Waals surface area (Å²) < 4.78 is 1.12. The molecule has 0 amide bonds. The molecule has 18 heavy (non-hydrogen) atoms. The van der Waals surface area contributed by atoms with Gasteiger partial charge in [-0.3, -0.25) is 4.79 Å². The number of carboxylic acids is 1. The highest BCUT2D eigenvalue weighted by molar-refractivity contribution is 9.11. The first-order valence-corrected chi connectivity index (χ1v) is 7.34. The van der Waals surface area contributed by atoms with Crippen LogP contribution >= 0.6 is 27.3 Å². The van der Waals surface area contributed by atoms with Gasteiger partial charge in [-0.15, -0.1) is 11.3 Å². The standard InChI is InChI=1S/C12H19BrN2O2S/c1-12(2,9-4-5-10(13)18-9)7-15-6-8(14-3)11(16)17/h4-5,8,14-15H,6-7H2,1-3H3,(H,16,17). The largest absolute Gasteiger partial charge is 0.480 e. The number of thiophene rings is 1. The molecule has 1 heterocycles. The van der Waals surface area contributed by atoms with Gasteiger partial charge in [0.25, 0.3) is 0 Å². The van der Waals surface area contributed by atoms with Crippen LogP contribution in [0.2, 0.25) is 0 Å². The van der Waals surface area contributed by atoms with Crippen molar-refractivity contribution in [2.75, 3.05) is 20.1 Å². The van der Waals surface area contributed by atoms with Crippen molar-refractivity contribution in [3.63, 3.8) is 0 Å². The van der Waals surface area contributed by atoms with E-state index in [0.717, 1.165) is 10.3 Å². The molecule has 0 spiro atoms. The molecule has 3 N–H and O–H groups in total. The molecule has 1 aromatic rings. The number of aliphatic carboxylic acids is 1. The van der Waals surface area contributed by atoms with E-state index in [2.05, 4.69) is 46.5 Å². The van der Waals surface area contributed by atoms with Gasteiger partial charge in [-0.25, -0.2) is 0 Å². The molecule has 1 atom stereocenters. The first-order chi connectivity index (χ1) is 8.36. The van der Waals surface area contributed by atoms with E-state index in [0.29, 0.717) is 6.54 Å². The van der Waals surface area contributed by atoms with E-state index in [9.17, 15) is 4.79 Å². The summed E-state index contributed by atoms with van der Waals surface area (Å²) in [7, 11) is 1.65. The highest BCUT2D eigenvalue weighted by Crippen LogP contribution is 2.32. The molecule has 0 saturated carbocycles. The minimum Gasteiger partial charge on any atom is -0.480 e. The predicted octanol–water partition coefficient (Wildman–Crippen LogP) is 2.05. The van der Waals surface area contributed by atoms with Gasteiger partial charge in [-0.05, 0) is 35.1 Å². The number of rotatable bonds is 7. The molecular formula is C12H19BrN2O2S. The SMILES string of the molecule is CNC(CNCC(C)(C)c1ccc(Br)s1)C(=O)O. The second kappa shape index (κ2) is 6.65. The van der Waals surface area contributed by atoms with Gasteiger partial charge < -0.3 is 15.7 Å². The Bertz CT molecular complexity index is 407. The Morgan fingerprint density at radius 1 is 1.56 bits per heavy atom. The van der Waals surface area contributed by atoms with Gasteiger partial charge in [-0.1, -0.05) is 13.8 Å². The second-order valence-electron chi connectivity index (χ2n) is 4.80. The molecule has 6 heteroatoms. The van der Waals surface area contributed by atoms with E-state index in [4.69, 9.17) is 5.11 Å². The molecule has 1 aromatic heterocycles. The number of hydrogen-bond acceptors (Lipinski definition) is 4. The van der Waals surface area contributed by atoms with Gasteiger partial charge >= 0.3 is 5.97 Å². The van der Waals surface area contributed by atoms with Crippen molar-refractivity contribution in [1.82, 2.24) is 10.6 Å². The fourth-order valence-corrected chi connectivity index (χ4v) is 3.09. The van der Waals surface area contributed by atoms with E-state index in [-0.39, 0.29) is 5.41 Å². The highest BCUT2D eigenvalue weighted by atomic mass is 79.9. The number of nitrogens with one attached hydrogen (secondary N) is 2. The molecule has 0 aliphatic heterocycles. The first kappa shape index (κ1) is 15.6. The maximum absolute atomic E-state index is 10.9. The average molecular weight is 335 g/mol. The van der Waals surface area contributed by atoms with Crippen molar-refractivity contribution in [2.45, 2.75) is 25.3 Å². The Morgan fingerprint density at radius 2 is 2.22 bits per heavy atom. The van der Waals surface area contributed by atoms with Crippen molar-refractivity contribution >= 4 is 33.2 Å². The van der Waals surface area contributed by atoms with Crippen LogP contribution in [-0.4, -0.2) is 37.3 Å². The summed E-state index contributed by atoms with van der Waals surface area (Å²) in [6.07, 6.45) is 0. The van der Waals surface area contributed by atoms with Gasteiger partial charge in [0.15, 0.2) is 0 Å². The molecule has 0 aliphatic rings. The number of hydrogen-bond donors (Lipinski definition) is 3. The van der Waals surface area contributed by atoms with Crippen LogP contribution in [0.4, 0.5) is 0 Å². The lowest BCUT2D eigenvalue weighted by Gasteiger charge is -2.24.